The predicted molar refractivity (Wildman–Crippen MR) is 111 cm³/mol. The van der Waals surface area contributed by atoms with Crippen LogP contribution in [0.3, 0.4) is 0 Å². The van der Waals surface area contributed by atoms with Crippen LogP contribution in [-0.2, 0) is 4.74 Å². The van der Waals surface area contributed by atoms with Gasteiger partial charge in [-0.05, 0) is 74.9 Å². The van der Waals surface area contributed by atoms with E-state index in [9.17, 15) is 8.78 Å². The van der Waals surface area contributed by atoms with Crippen molar-refractivity contribution in [1.29, 1.82) is 0 Å². The van der Waals surface area contributed by atoms with Gasteiger partial charge in [-0.1, -0.05) is 50.2 Å². The Kier molecular flexibility index (Phi) is 7.38. The van der Waals surface area contributed by atoms with Gasteiger partial charge in [-0.25, -0.2) is 8.78 Å². The number of halogens is 2. The van der Waals surface area contributed by atoms with Crippen LogP contribution in [0.1, 0.15) is 78.1 Å². The van der Waals surface area contributed by atoms with Crippen LogP contribution < -0.4 is 0 Å². The summed E-state index contributed by atoms with van der Waals surface area (Å²) in [6.07, 6.45) is 18.4. The second-order valence-electron chi connectivity index (χ2n) is 8.80. The van der Waals surface area contributed by atoms with Gasteiger partial charge < -0.3 is 4.74 Å². The number of allylic oxidation sites excluding steroid dienone is 5. The van der Waals surface area contributed by atoms with Crippen molar-refractivity contribution in [3.8, 4) is 12.3 Å². The molecule has 0 aromatic heterocycles. The summed E-state index contributed by atoms with van der Waals surface area (Å²) in [4.78, 5) is 0. The van der Waals surface area contributed by atoms with Gasteiger partial charge >= 0.3 is 0 Å². The highest BCUT2D eigenvalue weighted by molar-refractivity contribution is 5.43. The van der Waals surface area contributed by atoms with E-state index in [1.807, 2.05) is 0 Å². The molecule has 3 aliphatic rings. The first-order chi connectivity index (χ1) is 13.5. The monoisotopic (exact) mass is 388 g/mol. The molecule has 0 spiro atoms. The lowest BCUT2D eigenvalue weighted by molar-refractivity contribution is 0.168. The molecule has 0 radical (unpaired) electrons. The first-order valence-electron chi connectivity index (χ1n) is 11.1. The molecule has 0 heterocycles. The molecular weight excluding hydrogens is 354 g/mol. The number of alkyl halides is 1. The molecule has 0 aromatic rings. The molecule has 2 saturated carbocycles. The molecule has 0 N–H and O–H groups in total. The van der Waals surface area contributed by atoms with Crippen molar-refractivity contribution in [1.82, 2.24) is 0 Å². The fourth-order valence-electron chi connectivity index (χ4n) is 5.31. The molecule has 2 atom stereocenters. The van der Waals surface area contributed by atoms with Crippen molar-refractivity contribution in [2.45, 2.75) is 90.3 Å². The molecule has 0 aliphatic heterocycles. The van der Waals surface area contributed by atoms with Gasteiger partial charge in [0.1, 0.15) is 0 Å². The fraction of sp³-hybridized carbons (Fsp3) is 0.680. The van der Waals surface area contributed by atoms with Crippen LogP contribution in [0.4, 0.5) is 8.78 Å². The topological polar surface area (TPSA) is 9.23 Å². The lowest BCUT2D eigenvalue weighted by atomic mass is 9.69. The van der Waals surface area contributed by atoms with Crippen molar-refractivity contribution in [2.75, 3.05) is 0 Å². The molecule has 1 nitrogen and oxygen atoms in total. The Morgan fingerprint density at radius 2 is 1.75 bits per heavy atom. The average molecular weight is 389 g/mol. The maximum absolute atomic E-state index is 14.7. The second kappa shape index (κ2) is 9.77. The van der Waals surface area contributed by atoms with Gasteiger partial charge in [0.2, 0.25) is 0 Å². The zero-order valence-corrected chi connectivity index (χ0v) is 17.4. The molecule has 3 heteroatoms. The van der Waals surface area contributed by atoms with Crippen molar-refractivity contribution in [3.63, 3.8) is 0 Å². The lowest BCUT2D eigenvalue weighted by Gasteiger charge is -2.37. The van der Waals surface area contributed by atoms with Gasteiger partial charge in [0, 0.05) is 0 Å². The van der Waals surface area contributed by atoms with Crippen molar-refractivity contribution in [3.05, 3.63) is 34.9 Å². The molecule has 0 aromatic carbocycles. The summed E-state index contributed by atoms with van der Waals surface area (Å²) in [6.45, 7) is 3.93. The zero-order valence-electron chi connectivity index (χ0n) is 17.4. The van der Waals surface area contributed by atoms with E-state index in [1.165, 1.54) is 44.6 Å². The van der Waals surface area contributed by atoms with E-state index < -0.39 is 18.1 Å². The van der Waals surface area contributed by atoms with Crippen molar-refractivity contribution >= 4 is 0 Å². The summed E-state index contributed by atoms with van der Waals surface area (Å²) in [5, 5.41) is 0. The third-order valence-electron chi connectivity index (χ3n) is 6.98. The van der Waals surface area contributed by atoms with E-state index in [0.717, 1.165) is 49.0 Å². The molecule has 0 bridgehead atoms. The summed E-state index contributed by atoms with van der Waals surface area (Å²) < 4.78 is 34.5. The minimum Gasteiger partial charge on any atom is -0.475 e. The van der Waals surface area contributed by atoms with Gasteiger partial charge in [-0.3, -0.25) is 0 Å². The summed E-state index contributed by atoms with van der Waals surface area (Å²) in [5.41, 5.74) is 1.59. The second-order valence-corrected chi connectivity index (χ2v) is 8.80. The summed E-state index contributed by atoms with van der Waals surface area (Å²) in [6, 6.07) is 0. The van der Waals surface area contributed by atoms with Crippen LogP contribution in [0.25, 0.3) is 0 Å². The molecule has 2 unspecified atom stereocenters. The minimum absolute atomic E-state index is 0.0696. The highest BCUT2D eigenvalue weighted by Gasteiger charge is 2.32. The number of rotatable bonds is 5. The van der Waals surface area contributed by atoms with Crippen molar-refractivity contribution in [2.24, 2.45) is 17.8 Å². The van der Waals surface area contributed by atoms with Crippen molar-refractivity contribution < 1.29 is 13.5 Å². The normalized spacial score (nSPS) is 32.2. The Morgan fingerprint density at radius 1 is 1.11 bits per heavy atom. The third kappa shape index (κ3) is 4.88. The molecular formula is C25H34F2O. The third-order valence-corrected chi connectivity index (χ3v) is 6.98. The Hall–Kier alpha value is -1.56. The maximum Gasteiger partial charge on any atom is 0.180 e. The summed E-state index contributed by atoms with van der Waals surface area (Å²) >= 11 is 0. The predicted octanol–water partition coefficient (Wildman–Crippen LogP) is 7.21. The Balaban J connectivity index is 1.57. The number of hydrogen-bond acceptors (Lipinski definition) is 1. The standard InChI is InChI=1S/C25H34F2O/c1-4-6-18-7-9-19(10-8-18)20-11-13-21(14-12-20)22-15-16-23(25(27)24(22)26)28-17(3)5-2/h2,15-20,24H,4,6-14H2,1,3H3. The van der Waals surface area contributed by atoms with E-state index in [4.69, 9.17) is 11.2 Å². The average Bonchev–Trinajstić information content (AvgIpc) is 2.72. The number of hydrogen-bond donors (Lipinski definition) is 0. The summed E-state index contributed by atoms with van der Waals surface area (Å²) in [5.74, 6) is 3.99. The highest BCUT2D eigenvalue weighted by atomic mass is 19.2. The van der Waals surface area contributed by atoms with Crippen LogP contribution >= 0.6 is 0 Å². The van der Waals surface area contributed by atoms with Gasteiger partial charge in [-0.2, -0.15) is 0 Å². The molecule has 28 heavy (non-hydrogen) atoms. The SMILES string of the molecule is C#CC(C)OC1=C(F)C(F)C(=C2CCC(C3CCC(CCC)CC3)CC2)C=C1. The van der Waals surface area contributed by atoms with Gasteiger partial charge in [0.25, 0.3) is 0 Å². The van der Waals surface area contributed by atoms with Crippen LogP contribution in [-0.4, -0.2) is 12.3 Å². The zero-order chi connectivity index (χ0) is 20.1. The molecule has 0 saturated heterocycles. The largest absolute Gasteiger partial charge is 0.475 e. The van der Waals surface area contributed by atoms with Crippen LogP contribution in [0.2, 0.25) is 0 Å². The van der Waals surface area contributed by atoms with Crippen LogP contribution in [0.5, 0.6) is 0 Å². The number of terminal acetylenes is 1. The van der Waals surface area contributed by atoms with Gasteiger partial charge in [0.15, 0.2) is 23.9 Å². The minimum atomic E-state index is -1.72. The van der Waals surface area contributed by atoms with Gasteiger partial charge in [0.05, 0.1) is 0 Å². The lowest BCUT2D eigenvalue weighted by Crippen LogP contribution is -2.25. The van der Waals surface area contributed by atoms with E-state index in [2.05, 4.69) is 12.8 Å². The fourth-order valence-corrected chi connectivity index (χ4v) is 5.31. The molecule has 2 fully saturated rings. The summed E-state index contributed by atoms with van der Waals surface area (Å²) in [7, 11) is 0. The quantitative estimate of drug-likeness (QED) is 0.452. The number of ether oxygens (including phenoxy) is 1. The van der Waals surface area contributed by atoms with Crippen LogP contribution in [0, 0.1) is 30.1 Å². The van der Waals surface area contributed by atoms with Gasteiger partial charge in [-0.15, -0.1) is 6.42 Å². The molecule has 154 valence electrons. The Morgan fingerprint density at radius 3 is 2.36 bits per heavy atom. The van der Waals surface area contributed by atoms with E-state index in [-0.39, 0.29) is 5.76 Å². The molecule has 3 aliphatic carbocycles. The molecule has 3 rings (SSSR count). The molecule has 0 amide bonds. The van der Waals surface area contributed by atoms with E-state index >= 15 is 0 Å². The highest BCUT2D eigenvalue weighted by Crippen LogP contribution is 2.44. The Labute approximate surface area is 169 Å². The first kappa shape index (κ1) is 21.2. The Bertz CT molecular complexity index is 663. The first-order valence-corrected chi connectivity index (χ1v) is 11.1. The smallest absolute Gasteiger partial charge is 0.180 e. The maximum atomic E-state index is 14.7. The van der Waals surface area contributed by atoms with E-state index in [0.29, 0.717) is 5.57 Å². The van der Waals surface area contributed by atoms with E-state index in [1.54, 1.807) is 13.0 Å². The van der Waals surface area contributed by atoms with Crippen LogP contribution in [0.15, 0.2) is 34.9 Å².